The molecule has 0 aliphatic carbocycles. The van der Waals surface area contributed by atoms with Crippen molar-refractivity contribution in [1.82, 2.24) is 4.57 Å². The van der Waals surface area contributed by atoms with E-state index in [-0.39, 0.29) is 23.6 Å². The van der Waals surface area contributed by atoms with Crippen LogP contribution in [-0.2, 0) is 0 Å². The van der Waals surface area contributed by atoms with Crippen LogP contribution >= 0.6 is 34.8 Å². The lowest BCUT2D eigenvalue weighted by Crippen LogP contribution is -2.31. The second-order valence-corrected chi connectivity index (χ2v) is 6.25. The van der Waals surface area contributed by atoms with Crippen LogP contribution in [0.5, 0.6) is 5.75 Å². The Hall–Kier alpha value is -1.49. The monoisotopic (exact) mass is 372 g/mol. The second-order valence-electron chi connectivity index (χ2n) is 5.03. The molecule has 2 aromatic rings. The van der Waals surface area contributed by atoms with Gasteiger partial charge in [0.2, 0.25) is 0 Å². The van der Waals surface area contributed by atoms with Gasteiger partial charge in [0.1, 0.15) is 11.2 Å². The number of carbonyl (C=O) groups is 1. The molecule has 1 aromatic heterocycles. The standard InChI is InChI=1S/C16H15Cl3N2O2/c1-10(2)20-15-5-3-4-6-21(15)16(22)9-23-14-8-12(18)11(17)7-13(14)19/h3-8,10H,9H2,1-2H3. The molecule has 0 fully saturated rings. The van der Waals surface area contributed by atoms with Crippen molar-refractivity contribution in [2.75, 3.05) is 6.61 Å². The van der Waals surface area contributed by atoms with Crippen LogP contribution in [0, 0.1) is 0 Å². The van der Waals surface area contributed by atoms with Gasteiger partial charge in [-0.25, -0.2) is 0 Å². The zero-order chi connectivity index (χ0) is 17.0. The first-order chi connectivity index (χ1) is 10.9. The number of pyridine rings is 1. The minimum atomic E-state index is -0.271. The SMILES string of the molecule is CC(C)N=c1ccccn1C(=O)COc1cc(Cl)c(Cl)cc1Cl. The maximum atomic E-state index is 12.4. The fourth-order valence-corrected chi connectivity index (χ4v) is 2.43. The Balaban J connectivity index is 2.20. The van der Waals surface area contributed by atoms with Gasteiger partial charge in [0, 0.05) is 18.3 Å². The van der Waals surface area contributed by atoms with Crippen molar-refractivity contribution in [2.45, 2.75) is 19.9 Å². The van der Waals surface area contributed by atoms with E-state index in [9.17, 15) is 4.79 Å². The Kier molecular flexibility index (Phi) is 6.10. The minimum absolute atomic E-state index is 0.0712. The van der Waals surface area contributed by atoms with Gasteiger partial charge in [-0.2, -0.15) is 0 Å². The van der Waals surface area contributed by atoms with Crippen molar-refractivity contribution in [3.8, 4) is 5.75 Å². The van der Waals surface area contributed by atoms with Crippen molar-refractivity contribution >= 4 is 40.7 Å². The lowest BCUT2D eigenvalue weighted by molar-refractivity contribution is 0.0831. The van der Waals surface area contributed by atoms with Gasteiger partial charge >= 0.3 is 0 Å². The molecule has 0 unspecified atom stereocenters. The maximum Gasteiger partial charge on any atom is 0.270 e. The Bertz CT molecular complexity index is 785. The van der Waals surface area contributed by atoms with E-state index in [1.807, 2.05) is 19.9 Å². The summed E-state index contributed by atoms with van der Waals surface area (Å²) in [4.78, 5) is 16.8. The number of halogens is 3. The molecule has 0 saturated heterocycles. The molecule has 0 saturated carbocycles. The smallest absolute Gasteiger partial charge is 0.270 e. The van der Waals surface area contributed by atoms with E-state index >= 15 is 0 Å². The summed E-state index contributed by atoms with van der Waals surface area (Å²) in [6.45, 7) is 3.68. The minimum Gasteiger partial charge on any atom is -0.482 e. The summed E-state index contributed by atoms with van der Waals surface area (Å²) >= 11 is 17.8. The van der Waals surface area contributed by atoms with E-state index in [0.29, 0.717) is 21.3 Å². The van der Waals surface area contributed by atoms with Crippen LogP contribution in [0.25, 0.3) is 0 Å². The van der Waals surface area contributed by atoms with Gasteiger partial charge in [-0.3, -0.25) is 14.4 Å². The molecule has 0 atom stereocenters. The van der Waals surface area contributed by atoms with Gasteiger partial charge in [0.25, 0.3) is 5.91 Å². The number of rotatable bonds is 4. The third kappa shape index (κ3) is 4.74. The van der Waals surface area contributed by atoms with E-state index < -0.39 is 0 Å². The third-order valence-corrected chi connectivity index (χ3v) is 3.84. The molecule has 0 aliphatic heterocycles. The summed E-state index contributed by atoms with van der Waals surface area (Å²) in [5.41, 5.74) is 0.566. The molecule has 1 heterocycles. The number of ether oxygens (including phenoxy) is 1. The summed E-state index contributed by atoms with van der Waals surface area (Å²) in [6.07, 6.45) is 1.64. The number of aromatic nitrogens is 1. The molecule has 2 rings (SSSR count). The van der Waals surface area contributed by atoms with Crippen LogP contribution in [0.4, 0.5) is 0 Å². The predicted octanol–water partition coefficient (Wildman–Crippen LogP) is 4.48. The molecule has 7 heteroatoms. The summed E-state index contributed by atoms with van der Waals surface area (Å²) in [7, 11) is 0. The fourth-order valence-electron chi connectivity index (χ4n) is 1.84. The van der Waals surface area contributed by atoms with Crippen LogP contribution < -0.4 is 10.2 Å². The molecule has 4 nitrogen and oxygen atoms in total. The van der Waals surface area contributed by atoms with Gasteiger partial charge in [0.15, 0.2) is 6.61 Å². The van der Waals surface area contributed by atoms with Crippen molar-refractivity contribution in [3.63, 3.8) is 0 Å². The first-order valence-corrected chi connectivity index (χ1v) is 8.04. The number of carbonyl (C=O) groups excluding carboxylic acids is 1. The van der Waals surface area contributed by atoms with Crippen LogP contribution in [0.15, 0.2) is 41.5 Å². The number of hydrogen-bond acceptors (Lipinski definition) is 3. The Morgan fingerprint density at radius 1 is 1.17 bits per heavy atom. The first kappa shape index (κ1) is 17.9. The molecular formula is C16H15Cl3N2O2. The van der Waals surface area contributed by atoms with Crippen LogP contribution in [0.1, 0.15) is 18.6 Å². The highest BCUT2D eigenvalue weighted by Gasteiger charge is 2.11. The molecule has 23 heavy (non-hydrogen) atoms. The van der Waals surface area contributed by atoms with Gasteiger partial charge in [0.05, 0.1) is 15.1 Å². The van der Waals surface area contributed by atoms with Gasteiger partial charge < -0.3 is 4.74 Å². The highest BCUT2D eigenvalue weighted by Crippen LogP contribution is 2.33. The fraction of sp³-hybridized carbons (Fsp3) is 0.250. The normalized spacial score (nSPS) is 11.8. The topological polar surface area (TPSA) is 43.6 Å². The van der Waals surface area contributed by atoms with E-state index in [4.69, 9.17) is 39.5 Å². The maximum absolute atomic E-state index is 12.4. The molecular weight excluding hydrogens is 359 g/mol. The number of hydrogen-bond donors (Lipinski definition) is 0. The lowest BCUT2D eigenvalue weighted by Gasteiger charge is -2.10. The third-order valence-electron chi connectivity index (χ3n) is 2.82. The molecule has 0 aliphatic rings. The van der Waals surface area contributed by atoms with Crippen molar-refractivity contribution in [2.24, 2.45) is 4.99 Å². The second kappa shape index (κ2) is 7.86. The number of nitrogens with zero attached hydrogens (tertiary/aromatic N) is 2. The van der Waals surface area contributed by atoms with Gasteiger partial charge in [-0.1, -0.05) is 40.9 Å². The zero-order valence-electron chi connectivity index (χ0n) is 12.6. The van der Waals surface area contributed by atoms with E-state index in [2.05, 4.69) is 4.99 Å². The zero-order valence-corrected chi connectivity index (χ0v) is 14.9. The van der Waals surface area contributed by atoms with E-state index in [1.165, 1.54) is 16.7 Å². The lowest BCUT2D eigenvalue weighted by atomic mass is 10.3. The molecule has 122 valence electrons. The summed E-state index contributed by atoms with van der Waals surface area (Å²) < 4.78 is 6.90. The van der Waals surface area contributed by atoms with Crippen LogP contribution in [0.3, 0.4) is 0 Å². The highest BCUT2D eigenvalue weighted by atomic mass is 35.5. The summed E-state index contributed by atoms with van der Waals surface area (Å²) in [5, 5.41) is 0.921. The van der Waals surface area contributed by atoms with Crippen molar-refractivity contribution < 1.29 is 9.53 Å². The van der Waals surface area contributed by atoms with Gasteiger partial charge in [-0.05, 0) is 32.0 Å². The highest BCUT2D eigenvalue weighted by molar-refractivity contribution is 6.43. The molecule has 0 amide bonds. The Labute approximate surface area is 149 Å². The van der Waals surface area contributed by atoms with E-state index in [1.54, 1.807) is 18.3 Å². The van der Waals surface area contributed by atoms with Crippen molar-refractivity contribution in [3.05, 3.63) is 57.1 Å². The van der Waals surface area contributed by atoms with Crippen molar-refractivity contribution in [1.29, 1.82) is 0 Å². The molecule has 0 radical (unpaired) electrons. The largest absolute Gasteiger partial charge is 0.482 e. The van der Waals surface area contributed by atoms with Crippen LogP contribution in [0.2, 0.25) is 15.1 Å². The average molecular weight is 374 g/mol. The van der Waals surface area contributed by atoms with E-state index in [0.717, 1.165) is 0 Å². The van der Waals surface area contributed by atoms with Crippen LogP contribution in [-0.4, -0.2) is 23.1 Å². The average Bonchev–Trinajstić information content (AvgIpc) is 2.49. The number of benzene rings is 1. The molecule has 0 bridgehead atoms. The molecule has 0 spiro atoms. The summed E-state index contributed by atoms with van der Waals surface area (Å²) in [5.74, 6) is 0.0282. The van der Waals surface area contributed by atoms with Gasteiger partial charge in [-0.15, -0.1) is 0 Å². The Morgan fingerprint density at radius 2 is 1.87 bits per heavy atom. The first-order valence-electron chi connectivity index (χ1n) is 6.90. The predicted molar refractivity (Wildman–Crippen MR) is 92.7 cm³/mol. The Morgan fingerprint density at radius 3 is 2.57 bits per heavy atom. The molecule has 0 N–H and O–H groups in total. The summed E-state index contributed by atoms with van der Waals surface area (Å²) in [6, 6.07) is 8.37. The molecule has 1 aromatic carbocycles. The quantitative estimate of drug-likeness (QED) is 0.742.